The maximum Gasteiger partial charge on any atom is 0.301 e. The second-order valence-corrected chi connectivity index (χ2v) is 7.76. The first-order valence-electron chi connectivity index (χ1n) is 10.4. The summed E-state index contributed by atoms with van der Waals surface area (Å²) in [5, 5.41) is 15.3. The lowest BCUT2D eigenvalue weighted by Crippen LogP contribution is -2.30. The lowest BCUT2D eigenvalue weighted by Gasteiger charge is -2.25. The van der Waals surface area contributed by atoms with E-state index in [0.29, 0.717) is 34.1 Å². The van der Waals surface area contributed by atoms with Crippen molar-refractivity contribution in [2.45, 2.75) is 19.9 Å². The summed E-state index contributed by atoms with van der Waals surface area (Å²) in [5.74, 6) is 0.0606. The Morgan fingerprint density at radius 2 is 1.68 bits per heavy atom. The third-order valence-electron chi connectivity index (χ3n) is 5.71. The van der Waals surface area contributed by atoms with E-state index in [4.69, 9.17) is 18.7 Å². The van der Waals surface area contributed by atoms with Crippen LogP contribution in [-0.4, -0.2) is 43.3 Å². The number of aliphatic hydroxyl groups is 1. The lowest BCUT2D eigenvalue weighted by molar-refractivity contribution is -0.132. The van der Waals surface area contributed by atoms with Crippen LogP contribution >= 0.6 is 0 Å². The number of hydrogen-bond donors (Lipinski definition) is 1. The molecule has 0 bridgehead atoms. The van der Waals surface area contributed by atoms with Gasteiger partial charge in [0.05, 0.1) is 26.9 Å². The summed E-state index contributed by atoms with van der Waals surface area (Å²) < 4.78 is 21.3. The van der Waals surface area contributed by atoms with E-state index in [1.54, 1.807) is 56.5 Å². The van der Waals surface area contributed by atoms with Crippen LogP contribution in [0.2, 0.25) is 0 Å². The standard InChI is InChI=1S/C25H24N2O7/c1-13-10-15(6-8-18(13)32-4)23(28)21-22(17-12-16(31-3)7-9-19(17)33-5)27(25(30)24(21)29)20-11-14(2)34-26-20/h6-12,22,28H,1-5H3/b23-21+. The number of aliphatic hydroxyl groups excluding tert-OH is 1. The van der Waals surface area contributed by atoms with E-state index >= 15 is 0 Å². The van der Waals surface area contributed by atoms with Gasteiger partial charge >= 0.3 is 5.91 Å². The monoisotopic (exact) mass is 464 g/mol. The van der Waals surface area contributed by atoms with Crippen LogP contribution in [0.1, 0.15) is 28.5 Å². The van der Waals surface area contributed by atoms with Crippen LogP contribution in [0, 0.1) is 13.8 Å². The van der Waals surface area contributed by atoms with Gasteiger partial charge in [0.25, 0.3) is 5.78 Å². The SMILES string of the molecule is COc1ccc(OC)c(C2/C(=C(\O)c3ccc(OC)c(C)c3)C(=O)C(=O)N2c2cc(C)on2)c1. The molecule has 1 aromatic heterocycles. The number of methoxy groups -OCH3 is 3. The molecule has 1 saturated heterocycles. The van der Waals surface area contributed by atoms with Crippen molar-refractivity contribution in [2.24, 2.45) is 0 Å². The number of carbonyl (C=O) groups is 2. The minimum Gasteiger partial charge on any atom is -0.507 e. The van der Waals surface area contributed by atoms with Crippen molar-refractivity contribution in [2.75, 3.05) is 26.2 Å². The number of ketones is 1. The van der Waals surface area contributed by atoms with Crippen LogP contribution < -0.4 is 19.1 Å². The average molecular weight is 464 g/mol. The Kier molecular flexibility index (Phi) is 6.02. The highest BCUT2D eigenvalue weighted by Gasteiger charge is 2.49. The maximum atomic E-state index is 13.3. The van der Waals surface area contributed by atoms with Gasteiger partial charge in [-0.1, -0.05) is 5.16 Å². The van der Waals surface area contributed by atoms with E-state index in [9.17, 15) is 14.7 Å². The second kappa shape index (κ2) is 8.93. The van der Waals surface area contributed by atoms with Crippen LogP contribution in [0.15, 0.2) is 52.6 Å². The van der Waals surface area contributed by atoms with Crippen molar-refractivity contribution < 1.29 is 33.4 Å². The molecule has 2 aromatic carbocycles. The zero-order chi connectivity index (χ0) is 24.6. The molecule has 9 heteroatoms. The minimum absolute atomic E-state index is 0.109. The molecule has 4 rings (SSSR count). The third kappa shape index (κ3) is 3.75. The van der Waals surface area contributed by atoms with Crippen LogP contribution in [0.4, 0.5) is 5.82 Å². The molecule has 0 aliphatic carbocycles. The van der Waals surface area contributed by atoms with E-state index in [1.807, 2.05) is 6.92 Å². The van der Waals surface area contributed by atoms with Crippen molar-refractivity contribution >= 4 is 23.3 Å². The van der Waals surface area contributed by atoms with Crippen molar-refractivity contribution in [3.63, 3.8) is 0 Å². The lowest BCUT2D eigenvalue weighted by atomic mass is 9.94. The molecule has 0 radical (unpaired) electrons. The molecule has 1 amide bonds. The molecule has 176 valence electrons. The van der Waals surface area contributed by atoms with Crippen molar-refractivity contribution in [3.8, 4) is 17.2 Å². The summed E-state index contributed by atoms with van der Waals surface area (Å²) in [4.78, 5) is 27.7. The van der Waals surface area contributed by atoms with Crippen molar-refractivity contribution in [1.82, 2.24) is 5.16 Å². The molecule has 1 unspecified atom stereocenters. The number of ether oxygens (including phenoxy) is 3. The number of nitrogens with zero attached hydrogens (tertiary/aromatic N) is 2. The van der Waals surface area contributed by atoms with Gasteiger partial charge in [-0.05, 0) is 55.8 Å². The maximum absolute atomic E-state index is 13.3. The Bertz CT molecular complexity index is 1310. The first-order valence-corrected chi connectivity index (χ1v) is 10.4. The molecule has 1 atom stereocenters. The largest absolute Gasteiger partial charge is 0.507 e. The second-order valence-electron chi connectivity index (χ2n) is 7.76. The third-order valence-corrected chi connectivity index (χ3v) is 5.71. The fraction of sp³-hybridized carbons (Fsp3) is 0.240. The first-order chi connectivity index (χ1) is 16.3. The van der Waals surface area contributed by atoms with Gasteiger partial charge in [0.1, 0.15) is 34.8 Å². The predicted octanol–water partition coefficient (Wildman–Crippen LogP) is 3.94. The number of aromatic nitrogens is 1. The van der Waals surface area contributed by atoms with Crippen molar-refractivity contribution in [3.05, 3.63) is 70.5 Å². The van der Waals surface area contributed by atoms with E-state index < -0.39 is 17.7 Å². The number of amides is 1. The molecule has 1 N–H and O–H groups in total. The molecule has 0 spiro atoms. The number of carbonyl (C=O) groups excluding carboxylic acids is 2. The molecular formula is C25H24N2O7. The van der Waals surface area contributed by atoms with Gasteiger partial charge in [-0.15, -0.1) is 0 Å². The Morgan fingerprint density at radius 3 is 2.26 bits per heavy atom. The minimum atomic E-state index is -1.04. The van der Waals surface area contributed by atoms with Gasteiger partial charge in [-0.2, -0.15) is 0 Å². The smallest absolute Gasteiger partial charge is 0.301 e. The summed E-state index contributed by atoms with van der Waals surface area (Å²) in [5.41, 5.74) is 1.44. The number of hydrogen-bond acceptors (Lipinski definition) is 8. The molecule has 1 fully saturated rings. The van der Waals surface area contributed by atoms with Gasteiger partial charge in [0.15, 0.2) is 5.82 Å². The van der Waals surface area contributed by atoms with Crippen molar-refractivity contribution in [1.29, 1.82) is 0 Å². The fourth-order valence-corrected chi connectivity index (χ4v) is 4.06. The highest BCUT2D eigenvalue weighted by atomic mass is 16.5. The summed E-state index contributed by atoms with van der Waals surface area (Å²) >= 11 is 0. The highest BCUT2D eigenvalue weighted by Crippen LogP contribution is 2.45. The van der Waals surface area contributed by atoms with Crippen LogP contribution in [0.3, 0.4) is 0 Å². The van der Waals surface area contributed by atoms with Crippen LogP contribution in [-0.2, 0) is 9.59 Å². The number of anilines is 1. The number of benzene rings is 2. The topological polar surface area (TPSA) is 111 Å². The Morgan fingerprint density at radius 1 is 0.971 bits per heavy atom. The zero-order valence-corrected chi connectivity index (χ0v) is 19.4. The Balaban J connectivity index is 2.00. The summed E-state index contributed by atoms with van der Waals surface area (Å²) in [7, 11) is 4.52. The summed E-state index contributed by atoms with van der Waals surface area (Å²) in [6, 6.07) is 10.5. The molecule has 2 heterocycles. The molecule has 1 aliphatic rings. The van der Waals surface area contributed by atoms with E-state index in [-0.39, 0.29) is 17.2 Å². The van der Waals surface area contributed by atoms with E-state index in [1.165, 1.54) is 19.1 Å². The van der Waals surface area contributed by atoms with E-state index in [0.717, 1.165) is 5.56 Å². The first kappa shape index (κ1) is 22.9. The summed E-state index contributed by atoms with van der Waals surface area (Å²) in [6.45, 7) is 3.49. The molecule has 0 saturated carbocycles. The average Bonchev–Trinajstić information content (AvgIpc) is 3.38. The molecule has 3 aromatic rings. The highest BCUT2D eigenvalue weighted by molar-refractivity contribution is 6.51. The van der Waals surface area contributed by atoms with Gasteiger partial charge in [0, 0.05) is 17.2 Å². The normalized spacial score (nSPS) is 17.2. The van der Waals surface area contributed by atoms with Gasteiger partial charge in [0.2, 0.25) is 0 Å². The summed E-state index contributed by atoms with van der Waals surface area (Å²) in [6.07, 6.45) is 0. The predicted molar refractivity (Wildman–Crippen MR) is 123 cm³/mol. The van der Waals surface area contributed by atoms with Gasteiger partial charge in [-0.25, -0.2) is 0 Å². The Labute approximate surface area is 196 Å². The van der Waals surface area contributed by atoms with Crippen LogP contribution in [0.25, 0.3) is 5.76 Å². The zero-order valence-electron chi connectivity index (χ0n) is 19.4. The van der Waals surface area contributed by atoms with E-state index in [2.05, 4.69) is 5.16 Å². The number of Topliss-reactive ketones (excluding diaryl/α,β-unsaturated/α-hetero) is 1. The number of rotatable bonds is 6. The van der Waals surface area contributed by atoms with Gasteiger partial charge in [-0.3, -0.25) is 14.5 Å². The van der Waals surface area contributed by atoms with Gasteiger partial charge < -0.3 is 23.8 Å². The Hall–Kier alpha value is -4.27. The molecule has 9 nitrogen and oxygen atoms in total. The molecular weight excluding hydrogens is 440 g/mol. The fourth-order valence-electron chi connectivity index (χ4n) is 4.06. The quantitative estimate of drug-likeness (QED) is 0.332. The van der Waals surface area contributed by atoms with Crippen LogP contribution in [0.5, 0.6) is 17.2 Å². The molecule has 34 heavy (non-hydrogen) atoms. The number of aryl methyl sites for hydroxylation is 2. The molecule has 1 aliphatic heterocycles.